The molecule has 0 aromatic carbocycles. The van der Waals surface area contributed by atoms with Crippen molar-refractivity contribution < 1.29 is 9.53 Å². The first kappa shape index (κ1) is 19.6. The number of piperidine rings is 1. The van der Waals surface area contributed by atoms with Crippen molar-refractivity contribution in [2.24, 2.45) is 5.73 Å². The molecule has 2 N–H and O–H groups in total. The van der Waals surface area contributed by atoms with E-state index in [1.54, 1.807) is 11.3 Å². The van der Waals surface area contributed by atoms with Crippen LogP contribution in [-0.2, 0) is 9.53 Å². The van der Waals surface area contributed by atoms with Crippen molar-refractivity contribution in [2.45, 2.75) is 43.8 Å². The second-order valence-corrected chi connectivity index (χ2v) is 6.48. The molecular weight excluding hydrogens is 345 g/mol. The zero-order valence-corrected chi connectivity index (χ0v) is 14.8. The van der Waals surface area contributed by atoms with Gasteiger partial charge in [-0.25, -0.2) is 4.98 Å². The quantitative estimate of drug-likeness (QED) is 0.888. The zero-order chi connectivity index (χ0) is 13.9. The highest BCUT2D eigenvalue weighted by Crippen LogP contribution is 2.30. The Hall–Kier alpha value is -0.400. The van der Waals surface area contributed by atoms with Gasteiger partial charge in [0.15, 0.2) is 0 Å². The lowest BCUT2D eigenvalue weighted by Gasteiger charge is -2.33. The number of carbonyl (C=O) groups is 1. The second-order valence-electron chi connectivity index (χ2n) is 5.55. The smallest absolute Gasteiger partial charge is 0.251 e. The van der Waals surface area contributed by atoms with E-state index in [4.69, 9.17) is 10.5 Å². The summed E-state index contributed by atoms with van der Waals surface area (Å²) in [6.07, 6.45) is 5.49. The number of aromatic nitrogens is 1. The summed E-state index contributed by atoms with van der Waals surface area (Å²) in [5, 5.41) is 3.15. The molecule has 1 amide bonds. The maximum atomic E-state index is 12.5. The van der Waals surface area contributed by atoms with Gasteiger partial charge in [0.2, 0.25) is 0 Å². The van der Waals surface area contributed by atoms with Crippen molar-refractivity contribution >= 4 is 42.1 Å². The van der Waals surface area contributed by atoms with Crippen LogP contribution in [0.3, 0.4) is 0 Å². The summed E-state index contributed by atoms with van der Waals surface area (Å²) in [5.41, 5.74) is 5.60. The van der Waals surface area contributed by atoms with Crippen LogP contribution in [0, 0.1) is 0 Å². The van der Waals surface area contributed by atoms with E-state index in [-0.39, 0.29) is 42.9 Å². The molecule has 0 radical (unpaired) electrons. The van der Waals surface area contributed by atoms with Gasteiger partial charge in [0.05, 0.1) is 11.1 Å². The maximum absolute atomic E-state index is 12.5. The van der Waals surface area contributed by atoms with Crippen LogP contribution in [0.4, 0.5) is 0 Å². The Morgan fingerprint density at radius 1 is 1.41 bits per heavy atom. The molecule has 8 heteroatoms. The van der Waals surface area contributed by atoms with Crippen LogP contribution in [0.15, 0.2) is 11.6 Å². The Balaban J connectivity index is 0.00000121. The fourth-order valence-corrected chi connectivity index (χ4v) is 3.85. The zero-order valence-electron chi connectivity index (χ0n) is 12.3. The molecule has 0 saturated carbocycles. The lowest BCUT2D eigenvalue weighted by Crippen LogP contribution is -2.44. The fraction of sp³-hybridized carbons (Fsp3) is 0.714. The molecule has 22 heavy (non-hydrogen) atoms. The van der Waals surface area contributed by atoms with E-state index in [2.05, 4.69) is 4.98 Å². The van der Waals surface area contributed by atoms with Gasteiger partial charge in [0.25, 0.3) is 5.91 Å². The first-order valence-corrected chi connectivity index (χ1v) is 8.19. The Morgan fingerprint density at radius 3 is 2.86 bits per heavy atom. The summed E-state index contributed by atoms with van der Waals surface area (Å²) >= 11 is 1.68. The molecule has 5 nitrogen and oxygen atoms in total. The number of nitrogens with two attached hydrogens (primary N) is 1. The standard InChI is InChI=1S/C14H21N3O2S.2ClH/c15-8-11-3-4-12(19-11)14(18)17-6-1-2-10(9-17)13-16-5-7-20-13;;/h5,7,10-12H,1-4,6,8-9,15H2;2*1H/t10?,11-,12+;;/m1../s1. The Morgan fingerprint density at radius 2 is 2.23 bits per heavy atom. The molecule has 1 unspecified atom stereocenters. The molecule has 3 atom stereocenters. The van der Waals surface area contributed by atoms with Gasteiger partial charge in [-0.05, 0) is 25.7 Å². The number of hydrogen-bond acceptors (Lipinski definition) is 5. The van der Waals surface area contributed by atoms with Gasteiger partial charge in [0, 0.05) is 37.1 Å². The molecule has 1 aromatic rings. The highest BCUT2D eigenvalue weighted by atomic mass is 35.5. The Kier molecular flexibility index (Phi) is 8.07. The number of carbonyl (C=O) groups excluding carboxylic acids is 1. The highest BCUT2D eigenvalue weighted by molar-refractivity contribution is 7.09. The molecule has 3 rings (SSSR count). The molecule has 1 aromatic heterocycles. The summed E-state index contributed by atoms with van der Waals surface area (Å²) < 4.78 is 5.72. The van der Waals surface area contributed by atoms with Gasteiger partial charge >= 0.3 is 0 Å². The first-order valence-electron chi connectivity index (χ1n) is 7.31. The molecule has 0 bridgehead atoms. The number of thiazole rings is 1. The van der Waals surface area contributed by atoms with Crippen molar-refractivity contribution in [3.05, 3.63) is 16.6 Å². The predicted molar refractivity (Wildman–Crippen MR) is 92.1 cm³/mol. The van der Waals surface area contributed by atoms with E-state index in [0.29, 0.717) is 12.5 Å². The average Bonchev–Trinajstić information content (AvgIpc) is 3.17. The van der Waals surface area contributed by atoms with Crippen LogP contribution < -0.4 is 5.73 Å². The van der Waals surface area contributed by atoms with Gasteiger partial charge in [-0.15, -0.1) is 36.2 Å². The largest absolute Gasteiger partial charge is 0.364 e. The van der Waals surface area contributed by atoms with Crippen molar-refractivity contribution in [1.82, 2.24) is 9.88 Å². The van der Waals surface area contributed by atoms with Gasteiger partial charge in [-0.1, -0.05) is 0 Å². The third-order valence-corrected chi connectivity index (χ3v) is 5.12. The molecule has 0 spiro atoms. The van der Waals surface area contributed by atoms with Crippen molar-refractivity contribution in [1.29, 1.82) is 0 Å². The lowest BCUT2D eigenvalue weighted by molar-refractivity contribution is -0.144. The summed E-state index contributed by atoms with van der Waals surface area (Å²) in [6, 6.07) is 0. The highest BCUT2D eigenvalue weighted by Gasteiger charge is 2.35. The summed E-state index contributed by atoms with van der Waals surface area (Å²) in [5.74, 6) is 0.529. The SMILES string of the molecule is Cl.Cl.NC[C@H]1CC[C@@H](C(=O)N2CCCC(c3nccs3)C2)O1. The average molecular weight is 368 g/mol. The van der Waals surface area contributed by atoms with Crippen LogP contribution in [0.25, 0.3) is 0 Å². The topological polar surface area (TPSA) is 68.5 Å². The second kappa shape index (κ2) is 9.03. The normalized spacial score (nSPS) is 27.9. The molecule has 2 fully saturated rings. The van der Waals surface area contributed by atoms with Crippen LogP contribution in [0.5, 0.6) is 0 Å². The number of nitrogens with zero attached hydrogens (tertiary/aromatic N) is 2. The lowest BCUT2D eigenvalue weighted by atomic mass is 9.98. The number of ether oxygens (including phenoxy) is 1. The Labute approximate surface area is 147 Å². The van der Waals surface area contributed by atoms with E-state index < -0.39 is 0 Å². The minimum Gasteiger partial charge on any atom is -0.364 e. The molecular formula is C14H23Cl2N3O2S. The van der Waals surface area contributed by atoms with E-state index in [1.807, 2.05) is 16.5 Å². The van der Waals surface area contributed by atoms with Crippen molar-refractivity contribution in [2.75, 3.05) is 19.6 Å². The van der Waals surface area contributed by atoms with E-state index in [9.17, 15) is 4.79 Å². The van der Waals surface area contributed by atoms with Crippen LogP contribution in [-0.4, -0.2) is 47.6 Å². The van der Waals surface area contributed by atoms with E-state index in [1.165, 1.54) is 0 Å². The summed E-state index contributed by atoms with van der Waals surface area (Å²) in [6.45, 7) is 2.12. The number of hydrogen-bond donors (Lipinski definition) is 1. The summed E-state index contributed by atoms with van der Waals surface area (Å²) in [4.78, 5) is 18.9. The minimum absolute atomic E-state index is 0. The Bertz CT molecular complexity index is 461. The number of rotatable bonds is 3. The maximum Gasteiger partial charge on any atom is 0.251 e. The predicted octanol–water partition coefficient (Wildman–Crippen LogP) is 2.20. The minimum atomic E-state index is -0.279. The van der Waals surface area contributed by atoms with E-state index in [0.717, 1.165) is 43.8 Å². The number of likely N-dealkylation sites (tertiary alicyclic amines) is 1. The van der Waals surface area contributed by atoms with E-state index >= 15 is 0 Å². The van der Waals surface area contributed by atoms with Crippen LogP contribution in [0.2, 0.25) is 0 Å². The monoisotopic (exact) mass is 367 g/mol. The van der Waals surface area contributed by atoms with Gasteiger partial charge in [-0.3, -0.25) is 4.79 Å². The molecule has 126 valence electrons. The molecule has 0 aliphatic carbocycles. The van der Waals surface area contributed by atoms with Gasteiger partial charge in [0.1, 0.15) is 6.10 Å². The van der Waals surface area contributed by atoms with Crippen molar-refractivity contribution in [3.63, 3.8) is 0 Å². The third kappa shape index (κ3) is 4.32. The molecule has 3 heterocycles. The van der Waals surface area contributed by atoms with Crippen LogP contribution in [0.1, 0.15) is 36.6 Å². The summed E-state index contributed by atoms with van der Waals surface area (Å²) in [7, 11) is 0. The molecule has 2 saturated heterocycles. The van der Waals surface area contributed by atoms with Gasteiger partial charge in [-0.2, -0.15) is 0 Å². The number of amides is 1. The van der Waals surface area contributed by atoms with Gasteiger partial charge < -0.3 is 15.4 Å². The molecule has 2 aliphatic rings. The van der Waals surface area contributed by atoms with Crippen LogP contribution >= 0.6 is 36.2 Å². The first-order chi connectivity index (χ1) is 9.78. The molecule has 2 aliphatic heterocycles. The third-order valence-electron chi connectivity index (χ3n) is 4.18. The fourth-order valence-electron chi connectivity index (χ4n) is 3.08. The van der Waals surface area contributed by atoms with Crippen molar-refractivity contribution in [3.8, 4) is 0 Å². The number of halogens is 2.